The maximum Gasteiger partial charge on any atom is 0.143 e. The molecule has 0 amide bonds. The van der Waals surface area contributed by atoms with Crippen LogP contribution in [0, 0.1) is 4.91 Å². The van der Waals surface area contributed by atoms with Crippen LogP contribution in [0.3, 0.4) is 0 Å². The third-order valence-electron chi connectivity index (χ3n) is 2.72. The fourth-order valence-corrected chi connectivity index (χ4v) is 1.60. The molecule has 0 fully saturated rings. The Morgan fingerprint density at radius 2 is 1.94 bits per heavy atom. The number of anilines is 2. The third kappa shape index (κ3) is 3.33. The summed E-state index contributed by atoms with van der Waals surface area (Å²) < 4.78 is 5.16. The van der Waals surface area contributed by atoms with Crippen molar-refractivity contribution in [3.8, 4) is 5.75 Å². The van der Waals surface area contributed by atoms with Crippen LogP contribution < -0.4 is 15.4 Å². The Bertz CT molecular complexity index is 421. The first-order chi connectivity index (χ1) is 8.49. The summed E-state index contributed by atoms with van der Waals surface area (Å²) in [5.41, 5.74) is 7.21. The van der Waals surface area contributed by atoms with E-state index in [1.165, 1.54) is 6.07 Å². The number of hydrogen-bond donors (Lipinski definition) is 1. The molecule has 1 aromatic rings. The molecule has 0 atom stereocenters. The first kappa shape index (κ1) is 14.2. The van der Waals surface area contributed by atoms with Gasteiger partial charge in [-0.05, 0) is 25.3 Å². The van der Waals surface area contributed by atoms with E-state index in [4.69, 9.17) is 10.5 Å². The highest BCUT2D eigenvalue weighted by atomic mass is 16.5. The number of nitrogens with two attached hydrogens (primary N) is 1. The summed E-state index contributed by atoms with van der Waals surface area (Å²) >= 11 is 0. The van der Waals surface area contributed by atoms with E-state index in [1.807, 2.05) is 26.0 Å². The Morgan fingerprint density at radius 3 is 2.44 bits per heavy atom. The van der Waals surface area contributed by atoms with E-state index in [0.717, 1.165) is 18.8 Å². The highest BCUT2D eigenvalue weighted by Crippen LogP contribution is 2.36. The molecule has 0 radical (unpaired) electrons. The predicted molar refractivity (Wildman–Crippen MR) is 74.7 cm³/mol. The van der Waals surface area contributed by atoms with Gasteiger partial charge in [-0.3, -0.25) is 0 Å². The maximum atomic E-state index is 10.8. The van der Waals surface area contributed by atoms with Gasteiger partial charge in [-0.25, -0.2) is 0 Å². The Hall–Kier alpha value is -1.82. The summed E-state index contributed by atoms with van der Waals surface area (Å²) in [5, 5.41) is 3.01. The zero-order valence-corrected chi connectivity index (χ0v) is 11.3. The van der Waals surface area contributed by atoms with E-state index in [0.29, 0.717) is 17.1 Å². The van der Waals surface area contributed by atoms with Crippen LogP contribution in [-0.2, 0) is 0 Å². The summed E-state index contributed by atoms with van der Waals surface area (Å²) in [7, 11) is 7.44. The van der Waals surface area contributed by atoms with Crippen molar-refractivity contribution in [2.45, 2.75) is 0 Å². The SMILES string of the molecule is COc1cc(N(C)CCN(C)C)c(N=O)cc1N. The van der Waals surface area contributed by atoms with Crippen LogP contribution in [0.5, 0.6) is 5.75 Å². The van der Waals surface area contributed by atoms with Crippen molar-refractivity contribution in [2.24, 2.45) is 5.18 Å². The fourth-order valence-electron chi connectivity index (χ4n) is 1.60. The molecule has 1 aromatic carbocycles. The van der Waals surface area contributed by atoms with Gasteiger partial charge in [0.25, 0.3) is 0 Å². The summed E-state index contributed by atoms with van der Waals surface area (Å²) in [4.78, 5) is 14.9. The van der Waals surface area contributed by atoms with Crippen LogP contribution in [0.4, 0.5) is 17.1 Å². The van der Waals surface area contributed by atoms with Crippen LogP contribution in [-0.4, -0.2) is 46.2 Å². The Morgan fingerprint density at radius 1 is 1.28 bits per heavy atom. The number of nitrogen functional groups attached to an aromatic ring is 1. The molecule has 0 unspecified atom stereocenters. The van der Waals surface area contributed by atoms with Crippen molar-refractivity contribution in [1.82, 2.24) is 4.90 Å². The van der Waals surface area contributed by atoms with E-state index in [2.05, 4.69) is 10.1 Å². The van der Waals surface area contributed by atoms with Gasteiger partial charge in [-0.15, -0.1) is 4.91 Å². The fraction of sp³-hybridized carbons (Fsp3) is 0.500. The number of methoxy groups -OCH3 is 1. The largest absolute Gasteiger partial charge is 0.495 e. The number of nitroso groups, excluding NO2 is 1. The second-order valence-corrected chi connectivity index (χ2v) is 4.40. The lowest BCUT2D eigenvalue weighted by molar-refractivity contribution is 0.413. The van der Waals surface area contributed by atoms with Crippen LogP contribution in [0.2, 0.25) is 0 Å². The molecule has 0 spiro atoms. The molecule has 1 rings (SSSR count). The zero-order valence-electron chi connectivity index (χ0n) is 11.3. The molecule has 0 saturated carbocycles. The predicted octanol–water partition coefficient (Wildman–Crippen LogP) is 1.67. The first-order valence-corrected chi connectivity index (χ1v) is 5.66. The van der Waals surface area contributed by atoms with Gasteiger partial charge in [-0.1, -0.05) is 0 Å². The van der Waals surface area contributed by atoms with Crippen molar-refractivity contribution in [3.05, 3.63) is 17.0 Å². The average Bonchev–Trinajstić information content (AvgIpc) is 2.35. The molecule has 6 nitrogen and oxygen atoms in total. The van der Waals surface area contributed by atoms with E-state index in [9.17, 15) is 4.91 Å². The maximum absolute atomic E-state index is 10.8. The molecule has 100 valence electrons. The molecule has 0 aliphatic carbocycles. The molecule has 0 aliphatic rings. The molecule has 0 heterocycles. The smallest absolute Gasteiger partial charge is 0.143 e. The normalized spacial score (nSPS) is 10.5. The molecule has 0 aliphatic heterocycles. The Labute approximate surface area is 107 Å². The Balaban J connectivity index is 3.01. The molecule has 6 heteroatoms. The van der Waals surface area contributed by atoms with Crippen molar-refractivity contribution in [3.63, 3.8) is 0 Å². The minimum Gasteiger partial charge on any atom is -0.495 e. The number of nitrogens with zero attached hydrogens (tertiary/aromatic N) is 3. The molecule has 0 aromatic heterocycles. The molecule has 2 N–H and O–H groups in total. The van der Waals surface area contributed by atoms with Crippen molar-refractivity contribution in [1.29, 1.82) is 0 Å². The minimum atomic E-state index is 0.328. The number of hydrogen-bond acceptors (Lipinski definition) is 6. The van der Waals surface area contributed by atoms with E-state index in [-0.39, 0.29) is 0 Å². The molecule has 0 bridgehead atoms. The van der Waals surface area contributed by atoms with Crippen molar-refractivity contribution >= 4 is 17.1 Å². The highest BCUT2D eigenvalue weighted by Gasteiger charge is 2.13. The highest BCUT2D eigenvalue weighted by molar-refractivity contribution is 5.75. The van der Waals surface area contributed by atoms with Gasteiger partial charge >= 0.3 is 0 Å². The quantitative estimate of drug-likeness (QED) is 0.616. The first-order valence-electron chi connectivity index (χ1n) is 5.66. The van der Waals surface area contributed by atoms with Gasteiger partial charge < -0.3 is 20.3 Å². The Kier molecular flexibility index (Phi) is 4.91. The van der Waals surface area contributed by atoms with Crippen LogP contribution in [0.15, 0.2) is 17.3 Å². The van der Waals surface area contributed by atoms with Gasteiger partial charge in [0.05, 0.1) is 18.5 Å². The van der Waals surface area contributed by atoms with Gasteiger partial charge in [0.15, 0.2) is 0 Å². The standard InChI is InChI=1S/C12H20N4O2/c1-15(2)5-6-16(3)11-8-12(18-4)9(13)7-10(11)14-17/h7-8H,5-6,13H2,1-4H3. The number of likely N-dealkylation sites (N-methyl/N-ethyl adjacent to an activating group) is 2. The topological polar surface area (TPSA) is 71.2 Å². The van der Waals surface area contributed by atoms with E-state index in [1.54, 1.807) is 13.2 Å². The van der Waals surface area contributed by atoms with Crippen LogP contribution in [0.1, 0.15) is 0 Å². The van der Waals surface area contributed by atoms with Crippen LogP contribution >= 0.6 is 0 Å². The van der Waals surface area contributed by atoms with Crippen LogP contribution in [0.25, 0.3) is 0 Å². The molecular weight excluding hydrogens is 232 g/mol. The number of rotatable bonds is 6. The van der Waals surface area contributed by atoms with Gasteiger partial charge in [0, 0.05) is 26.2 Å². The average molecular weight is 252 g/mol. The third-order valence-corrected chi connectivity index (χ3v) is 2.72. The molecule has 0 saturated heterocycles. The second-order valence-electron chi connectivity index (χ2n) is 4.40. The second kappa shape index (κ2) is 6.20. The summed E-state index contributed by atoms with van der Waals surface area (Å²) in [6.07, 6.45) is 0. The molecular formula is C12H20N4O2. The monoisotopic (exact) mass is 252 g/mol. The molecule has 18 heavy (non-hydrogen) atoms. The minimum absolute atomic E-state index is 0.328. The summed E-state index contributed by atoms with van der Waals surface area (Å²) in [5.74, 6) is 0.550. The van der Waals surface area contributed by atoms with E-state index >= 15 is 0 Å². The van der Waals surface area contributed by atoms with Crippen molar-refractivity contribution in [2.75, 3.05) is 52.0 Å². The summed E-state index contributed by atoms with van der Waals surface area (Å²) in [6, 6.07) is 3.27. The zero-order chi connectivity index (χ0) is 13.7. The van der Waals surface area contributed by atoms with E-state index < -0.39 is 0 Å². The van der Waals surface area contributed by atoms with Gasteiger partial charge in [0.1, 0.15) is 11.4 Å². The van der Waals surface area contributed by atoms with Gasteiger partial charge in [0.2, 0.25) is 0 Å². The number of ether oxygens (including phenoxy) is 1. The van der Waals surface area contributed by atoms with Crippen molar-refractivity contribution < 1.29 is 4.74 Å². The lowest BCUT2D eigenvalue weighted by atomic mass is 10.2. The number of benzene rings is 1. The van der Waals surface area contributed by atoms with Gasteiger partial charge in [-0.2, -0.15) is 0 Å². The lowest BCUT2D eigenvalue weighted by Crippen LogP contribution is -2.28. The summed E-state index contributed by atoms with van der Waals surface area (Å²) in [6.45, 7) is 1.66. The lowest BCUT2D eigenvalue weighted by Gasteiger charge is -2.23.